The second kappa shape index (κ2) is 9.56. The molecular formula is C24H32N6O. The molecule has 0 unspecified atom stereocenters. The predicted octanol–water partition coefficient (Wildman–Crippen LogP) is 3.26. The summed E-state index contributed by atoms with van der Waals surface area (Å²) >= 11 is 0. The Morgan fingerprint density at radius 2 is 1.94 bits per heavy atom. The van der Waals surface area contributed by atoms with Crippen LogP contribution in [0.2, 0.25) is 0 Å². The Kier molecular flexibility index (Phi) is 6.61. The van der Waals surface area contributed by atoms with Crippen LogP contribution in [-0.4, -0.2) is 50.0 Å². The number of likely N-dealkylation sites (tertiary alicyclic amines) is 1. The molecule has 31 heavy (non-hydrogen) atoms. The molecule has 1 aliphatic heterocycles. The summed E-state index contributed by atoms with van der Waals surface area (Å²) in [7, 11) is 0. The molecule has 1 amide bonds. The van der Waals surface area contributed by atoms with Crippen LogP contribution in [0.5, 0.6) is 0 Å². The SMILES string of the molecule is Cc1nc2ncnn2c(C)c1CCC(=O)NC[C@@H](c1ccccc1)N1CCC(C)CC1. The fourth-order valence-electron chi connectivity index (χ4n) is 4.53. The molecule has 7 heteroatoms. The Labute approximate surface area is 183 Å². The van der Waals surface area contributed by atoms with Gasteiger partial charge in [-0.15, -0.1) is 0 Å². The van der Waals surface area contributed by atoms with Crippen molar-refractivity contribution in [2.75, 3.05) is 19.6 Å². The molecule has 0 bridgehead atoms. The van der Waals surface area contributed by atoms with Crippen LogP contribution in [0.25, 0.3) is 5.78 Å². The number of rotatable bonds is 7. The highest BCUT2D eigenvalue weighted by Gasteiger charge is 2.25. The lowest BCUT2D eigenvalue weighted by atomic mass is 9.95. The van der Waals surface area contributed by atoms with E-state index in [2.05, 4.69) is 56.5 Å². The number of fused-ring (bicyclic) bond motifs is 1. The van der Waals surface area contributed by atoms with Gasteiger partial charge in [-0.3, -0.25) is 9.69 Å². The summed E-state index contributed by atoms with van der Waals surface area (Å²) in [6.45, 7) is 9.10. The van der Waals surface area contributed by atoms with Gasteiger partial charge in [0.15, 0.2) is 0 Å². The highest BCUT2D eigenvalue weighted by Crippen LogP contribution is 2.26. The number of aromatic nitrogens is 4. The Morgan fingerprint density at radius 3 is 2.68 bits per heavy atom. The van der Waals surface area contributed by atoms with Gasteiger partial charge >= 0.3 is 0 Å². The number of carbonyl (C=O) groups is 1. The van der Waals surface area contributed by atoms with Gasteiger partial charge in [-0.05, 0) is 63.2 Å². The van der Waals surface area contributed by atoms with Crippen LogP contribution in [-0.2, 0) is 11.2 Å². The normalized spacial score (nSPS) is 16.5. The van der Waals surface area contributed by atoms with Crippen molar-refractivity contribution in [1.29, 1.82) is 0 Å². The standard InChI is InChI=1S/C24H32N6O/c1-17-11-13-29(14-12-17)22(20-7-5-4-6-8-20)15-25-23(31)10-9-21-18(2)28-24-26-16-27-30(24)19(21)3/h4-8,16-17,22H,9-15H2,1-3H3,(H,25,31)/t22-/m0/s1. The van der Waals surface area contributed by atoms with Crippen molar-refractivity contribution in [3.05, 3.63) is 59.2 Å². The first kappa shape index (κ1) is 21.4. The van der Waals surface area contributed by atoms with Crippen molar-refractivity contribution in [3.8, 4) is 0 Å². The average Bonchev–Trinajstić information content (AvgIpc) is 3.24. The van der Waals surface area contributed by atoms with E-state index in [1.54, 1.807) is 4.52 Å². The van der Waals surface area contributed by atoms with Gasteiger partial charge in [0.2, 0.25) is 5.91 Å². The Balaban J connectivity index is 1.39. The predicted molar refractivity (Wildman–Crippen MR) is 121 cm³/mol. The number of piperidine rings is 1. The van der Waals surface area contributed by atoms with Crippen molar-refractivity contribution in [1.82, 2.24) is 29.8 Å². The van der Waals surface area contributed by atoms with Gasteiger partial charge in [0, 0.05) is 24.4 Å². The van der Waals surface area contributed by atoms with Crippen LogP contribution in [0, 0.1) is 19.8 Å². The van der Waals surface area contributed by atoms with Crippen LogP contribution in [0.3, 0.4) is 0 Å². The smallest absolute Gasteiger partial charge is 0.252 e. The number of nitrogens with zero attached hydrogens (tertiary/aromatic N) is 5. The largest absolute Gasteiger partial charge is 0.354 e. The van der Waals surface area contributed by atoms with E-state index in [0.717, 1.165) is 36.0 Å². The summed E-state index contributed by atoms with van der Waals surface area (Å²) in [5.74, 6) is 1.46. The molecule has 7 nitrogen and oxygen atoms in total. The molecule has 164 valence electrons. The number of nitrogens with one attached hydrogen (secondary N) is 1. The van der Waals surface area contributed by atoms with Gasteiger partial charge in [-0.1, -0.05) is 37.3 Å². The first-order valence-electron chi connectivity index (χ1n) is 11.2. The summed E-state index contributed by atoms with van der Waals surface area (Å²) in [5, 5.41) is 7.43. The van der Waals surface area contributed by atoms with Gasteiger partial charge in [0.25, 0.3) is 5.78 Å². The van der Waals surface area contributed by atoms with Crippen LogP contribution in [0.15, 0.2) is 36.7 Å². The lowest BCUT2D eigenvalue weighted by Crippen LogP contribution is -2.42. The summed E-state index contributed by atoms with van der Waals surface area (Å²) < 4.78 is 1.74. The minimum absolute atomic E-state index is 0.0730. The number of amides is 1. The van der Waals surface area contributed by atoms with E-state index in [9.17, 15) is 4.79 Å². The fraction of sp³-hybridized carbons (Fsp3) is 0.500. The first-order chi connectivity index (χ1) is 15.0. The van der Waals surface area contributed by atoms with Crippen molar-refractivity contribution >= 4 is 11.7 Å². The minimum atomic E-state index is 0.0730. The zero-order valence-electron chi connectivity index (χ0n) is 18.7. The maximum atomic E-state index is 12.7. The van der Waals surface area contributed by atoms with Crippen molar-refractivity contribution < 1.29 is 4.79 Å². The summed E-state index contributed by atoms with van der Waals surface area (Å²) in [5.41, 5.74) is 4.25. The van der Waals surface area contributed by atoms with Crippen LogP contribution < -0.4 is 5.32 Å². The van der Waals surface area contributed by atoms with Gasteiger partial charge in [-0.25, -0.2) is 9.50 Å². The topological polar surface area (TPSA) is 75.4 Å². The number of benzene rings is 1. The first-order valence-corrected chi connectivity index (χ1v) is 11.2. The zero-order valence-corrected chi connectivity index (χ0v) is 18.7. The van der Waals surface area contributed by atoms with Crippen molar-refractivity contribution in [3.63, 3.8) is 0 Å². The second-order valence-electron chi connectivity index (χ2n) is 8.68. The summed E-state index contributed by atoms with van der Waals surface area (Å²) in [6, 6.07) is 10.8. The molecular weight excluding hydrogens is 388 g/mol. The van der Waals surface area contributed by atoms with Gasteiger partial charge < -0.3 is 5.32 Å². The van der Waals surface area contributed by atoms with E-state index < -0.39 is 0 Å². The third-order valence-electron chi connectivity index (χ3n) is 6.53. The molecule has 1 N–H and O–H groups in total. The minimum Gasteiger partial charge on any atom is -0.354 e. The van der Waals surface area contributed by atoms with Gasteiger partial charge in [0.05, 0.1) is 6.04 Å². The van der Waals surface area contributed by atoms with E-state index in [-0.39, 0.29) is 11.9 Å². The second-order valence-corrected chi connectivity index (χ2v) is 8.68. The van der Waals surface area contributed by atoms with Crippen LogP contribution in [0.1, 0.15) is 54.7 Å². The van der Waals surface area contributed by atoms with Crippen LogP contribution >= 0.6 is 0 Å². The fourth-order valence-corrected chi connectivity index (χ4v) is 4.53. The quantitative estimate of drug-likeness (QED) is 0.635. The van der Waals surface area contributed by atoms with E-state index in [4.69, 9.17) is 0 Å². The maximum absolute atomic E-state index is 12.7. The molecule has 2 aromatic heterocycles. The molecule has 0 spiro atoms. The number of carbonyl (C=O) groups excluding carboxylic acids is 1. The monoisotopic (exact) mass is 420 g/mol. The maximum Gasteiger partial charge on any atom is 0.252 e. The van der Waals surface area contributed by atoms with E-state index in [0.29, 0.717) is 25.2 Å². The number of aryl methyl sites for hydroxylation is 2. The molecule has 1 aromatic carbocycles. The van der Waals surface area contributed by atoms with E-state index in [1.807, 2.05) is 19.9 Å². The third kappa shape index (κ3) is 4.93. The summed E-state index contributed by atoms with van der Waals surface area (Å²) in [6.07, 6.45) is 5.02. The van der Waals surface area contributed by atoms with E-state index >= 15 is 0 Å². The third-order valence-corrected chi connectivity index (χ3v) is 6.53. The van der Waals surface area contributed by atoms with Crippen molar-refractivity contribution in [2.45, 2.75) is 52.5 Å². The number of hydrogen-bond acceptors (Lipinski definition) is 5. The molecule has 1 atom stereocenters. The Hall–Kier alpha value is -2.80. The van der Waals surface area contributed by atoms with E-state index in [1.165, 1.54) is 24.7 Å². The zero-order chi connectivity index (χ0) is 21.8. The molecule has 4 rings (SSSR count). The Bertz CT molecular complexity index is 1020. The lowest BCUT2D eigenvalue weighted by molar-refractivity contribution is -0.121. The number of hydrogen-bond donors (Lipinski definition) is 1. The van der Waals surface area contributed by atoms with Crippen molar-refractivity contribution in [2.24, 2.45) is 5.92 Å². The molecule has 0 saturated carbocycles. The molecule has 0 aliphatic carbocycles. The summed E-state index contributed by atoms with van der Waals surface area (Å²) in [4.78, 5) is 23.9. The highest BCUT2D eigenvalue weighted by atomic mass is 16.1. The van der Waals surface area contributed by atoms with Gasteiger partial charge in [0.1, 0.15) is 6.33 Å². The molecule has 1 fully saturated rings. The molecule has 3 heterocycles. The molecule has 1 saturated heterocycles. The highest BCUT2D eigenvalue weighted by molar-refractivity contribution is 5.76. The Morgan fingerprint density at radius 1 is 1.19 bits per heavy atom. The lowest BCUT2D eigenvalue weighted by Gasteiger charge is -2.37. The molecule has 1 aliphatic rings. The van der Waals surface area contributed by atoms with Crippen LogP contribution in [0.4, 0.5) is 0 Å². The molecule has 3 aromatic rings. The van der Waals surface area contributed by atoms with Gasteiger partial charge in [-0.2, -0.15) is 10.1 Å². The average molecular weight is 421 g/mol. The molecule has 0 radical (unpaired) electrons.